The van der Waals surface area contributed by atoms with Crippen molar-refractivity contribution in [2.45, 2.75) is 83.5 Å². The molecule has 2 saturated heterocycles. The van der Waals surface area contributed by atoms with Crippen LogP contribution in [0, 0.1) is 17.2 Å². The van der Waals surface area contributed by atoms with Crippen LogP contribution in [0.3, 0.4) is 0 Å². The van der Waals surface area contributed by atoms with Crippen LogP contribution in [-0.4, -0.2) is 29.0 Å². The molecule has 0 radical (unpaired) electrons. The number of hydrogen-bond donors (Lipinski definition) is 0. The first-order valence-corrected chi connectivity index (χ1v) is 16.2. The number of anilines is 1. The van der Waals surface area contributed by atoms with Gasteiger partial charge in [-0.1, -0.05) is 44.3 Å². The molecular formula is C38H41F5N4. The maximum absolute atomic E-state index is 14.2. The lowest BCUT2D eigenvalue weighted by molar-refractivity contribution is -0.137. The molecule has 3 fully saturated rings. The molecule has 248 valence electrons. The van der Waals surface area contributed by atoms with Gasteiger partial charge in [0.15, 0.2) is 0 Å². The lowest BCUT2D eigenvalue weighted by Gasteiger charge is -2.33. The number of aromatic nitrogens is 1. The van der Waals surface area contributed by atoms with E-state index >= 15 is 0 Å². The minimum Gasteiger partial charge on any atom is -0.366 e. The second-order valence-corrected chi connectivity index (χ2v) is 12.9. The van der Waals surface area contributed by atoms with Crippen molar-refractivity contribution in [1.82, 2.24) is 9.88 Å². The van der Waals surface area contributed by atoms with Gasteiger partial charge < -0.3 is 9.80 Å². The summed E-state index contributed by atoms with van der Waals surface area (Å²) in [5, 5.41) is 8.20. The lowest BCUT2D eigenvalue weighted by atomic mass is 9.88. The Morgan fingerprint density at radius 1 is 1.00 bits per heavy atom. The summed E-state index contributed by atoms with van der Waals surface area (Å²) in [6, 6.07) is 16.9. The summed E-state index contributed by atoms with van der Waals surface area (Å²) in [6.45, 7) is 14.8. The average Bonchev–Trinajstić information content (AvgIpc) is 3.82. The van der Waals surface area contributed by atoms with E-state index in [1.807, 2.05) is 31.2 Å². The zero-order chi connectivity index (χ0) is 34.1. The first-order chi connectivity index (χ1) is 22.2. The largest absolute Gasteiger partial charge is 0.416 e. The molecule has 3 aliphatic rings. The summed E-state index contributed by atoms with van der Waals surface area (Å²) < 4.78 is 69.5. The maximum atomic E-state index is 14.2. The van der Waals surface area contributed by atoms with Crippen molar-refractivity contribution in [2.75, 3.05) is 18.0 Å². The summed E-state index contributed by atoms with van der Waals surface area (Å²) in [7, 11) is 0. The van der Waals surface area contributed by atoms with Crippen LogP contribution < -0.4 is 4.90 Å². The summed E-state index contributed by atoms with van der Waals surface area (Å²) in [5.74, 6) is -2.34. The molecule has 1 saturated carbocycles. The van der Waals surface area contributed by atoms with Crippen molar-refractivity contribution in [3.63, 3.8) is 0 Å². The molecule has 2 unspecified atom stereocenters. The van der Waals surface area contributed by atoms with Crippen LogP contribution in [0.1, 0.15) is 80.3 Å². The van der Waals surface area contributed by atoms with Crippen molar-refractivity contribution in [3.8, 4) is 17.2 Å². The predicted molar refractivity (Wildman–Crippen MR) is 176 cm³/mol. The minimum atomic E-state index is -4.72. The molecule has 9 heteroatoms. The number of pyridine rings is 1. The summed E-state index contributed by atoms with van der Waals surface area (Å²) in [5.41, 5.74) is 4.26. The van der Waals surface area contributed by atoms with E-state index in [1.54, 1.807) is 0 Å². The van der Waals surface area contributed by atoms with Gasteiger partial charge in [-0.3, -0.25) is 0 Å². The van der Waals surface area contributed by atoms with Crippen LogP contribution in [0.5, 0.6) is 0 Å². The molecule has 3 heterocycles. The third kappa shape index (κ3) is 7.69. The van der Waals surface area contributed by atoms with E-state index < -0.39 is 29.1 Å². The van der Waals surface area contributed by atoms with E-state index in [9.17, 15) is 22.0 Å². The van der Waals surface area contributed by atoms with E-state index in [1.165, 1.54) is 24.5 Å². The highest BCUT2D eigenvalue weighted by molar-refractivity contribution is 5.71. The Labute approximate surface area is 274 Å². The highest BCUT2D eigenvalue weighted by atomic mass is 19.4. The standard InChI is InChI=1S/C32H34F5N3.C6H7N/c1-5-22-9-6-7-10-26(22)27-11-12-30(39-13-8-14-39)38-29(27)19-40-20(2)15-28(21(40)3)23-16-24(31(4,33)34)18-25(17-23)32(35,36)37;1-5(4-7)6-2-3-6/h6-7,9-12,16-18,21,28H,2,5,8,13-15,19H2,1,3-4H3;6H,1-3H2. The normalized spacial score (nSPS) is 19.5. The fourth-order valence-corrected chi connectivity index (χ4v) is 6.33. The smallest absolute Gasteiger partial charge is 0.366 e. The third-order valence-corrected chi connectivity index (χ3v) is 9.52. The van der Waals surface area contributed by atoms with Gasteiger partial charge in [-0.05, 0) is 92.0 Å². The summed E-state index contributed by atoms with van der Waals surface area (Å²) in [4.78, 5) is 9.35. The molecule has 2 atom stereocenters. The molecule has 2 aromatic carbocycles. The molecule has 47 heavy (non-hydrogen) atoms. The van der Waals surface area contributed by atoms with Crippen molar-refractivity contribution in [3.05, 3.63) is 107 Å². The van der Waals surface area contributed by atoms with Crippen LogP contribution in [-0.2, 0) is 25.1 Å². The van der Waals surface area contributed by atoms with Gasteiger partial charge in [-0.15, -0.1) is 0 Å². The Hall–Kier alpha value is -4.19. The van der Waals surface area contributed by atoms with E-state index in [-0.39, 0.29) is 11.6 Å². The molecule has 0 N–H and O–H groups in total. The monoisotopic (exact) mass is 648 g/mol. The number of hydrogen-bond acceptors (Lipinski definition) is 4. The van der Waals surface area contributed by atoms with Crippen LogP contribution in [0.4, 0.5) is 27.8 Å². The number of aryl methyl sites for hydroxylation is 1. The molecule has 1 aromatic heterocycles. The Kier molecular flexibility index (Phi) is 9.81. The fraction of sp³-hybridized carbons (Fsp3) is 0.421. The number of alkyl halides is 5. The molecule has 4 nitrogen and oxygen atoms in total. The predicted octanol–water partition coefficient (Wildman–Crippen LogP) is 10.0. The number of nitrogens with zero attached hydrogens (tertiary/aromatic N) is 4. The van der Waals surface area contributed by atoms with Crippen LogP contribution in [0.25, 0.3) is 11.1 Å². The minimum absolute atomic E-state index is 0.251. The lowest BCUT2D eigenvalue weighted by Crippen LogP contribution is -2.38. The van der Waals surface area contributed by atoms with Gasteiger partial charge in [0.25, 0.3) is 5.92 Å². The highest BCUT2D eigenvalue weighted by Crippen LogP contribution is 2.44. The van der Waals surface area contributed by atoms with E-state index in [0.29, 0.717) is 31.9 Å². The van der Waals surface area contributed by atoms with Crippen molar-refractivity contribution in [1.29, 1.82) is 5.26 Å². The van der Waals surface area contributed by atoms with Gasteiger partial charge in [0, 0.05) is 54.4 Å². The second-order valence-electron chi connectivity index (χ2n) is 12.9. The van der Waals surface area contributed by atoms with Gasteiger partial charge in [0.05, 0.1) is 23.9 Å². The van der Waals surface area contributed by atoms with Crippen LogP contribution in [0.15, 0.2) is 79.0 Å². The molecular weight excluding hydrogens is 607 g/mol. The topological polar surface area (TPSA) is 43.2 Å². The molecule has 0 amide bonds. The SMILES string of the molecule is C=C(C#N)C1CC1.C=C1CC(c2cc(C(C)(F)F)cc(C(F)(F)F)c2)C(C)N1Cc1nc(N2CCC2)ccc1-c1ccccc1CC. The molecule has 2 aliphatic heterocycles. The molecule has 3 aromatic rings. The zero-order valence-corrected chi connectivity index (χ0v) is 27.2. The van der Waals surface area contributed by atoms with Gasteiger partial charge in [-0.2, -0.15) is 18.4 Å². The fourth-order valence-electron chi connectivity index (χ4n) is 6.33. The highest BCUT2D eigenvalue weighted by Gasteiger charge is 2.39. The van der Waals surface area contributed by atoms with E-state index in [4.69, 9.17) is 10.2 Å². The number of halogens is 5. The van der Waals surface area contributed by atoms with Gasteiger partial charge in [0.1, 0.15) is 5.82 Å². The average molecular weight is 649 g/mol. The van der Waals surface area contributed by atoms with Crippen LogP contribution >= 0.6 is 0 Å². The number of allylic oxidation sites excluding steroid dienone is 2. The van der Waals surface area contributed by atoms with Gasteiger partial charge in [0.2, 0.25) is 0 Å². The van der Waals surface area contributed by atoms with E-state index in [0.717, 1.165) is 65.9 Å². The molecule has 0 spiro atoms. The van der Waals surface area contributed by atoms with Crippen LogP contribution in [0.2, 0.25) is 0 Å². The van der Waals surface area contributed by atoms with Gasteiger partial charge >= 0.3 is 6.18 Å². The zero-order valence-electron chi connectivity index (χ0n) is 27.2. The number of rotatable bonds is 8. The Balaban J connectivity index is 0.000000549. The Bertz CT molecular complexity index is 1640. The van der Waals surface area contributed by atoms with Crippen molar-refractivity contribution < 1.29 is 22.0 Å². The third-order valence-electron chi connectivity index (χ3n) is 9.52. The van der Waals surface area contributed by atoms with E-state index in [2.05, 4.69) is 48.1 Å². The molecule has 6 rings (SSSR count). The Morgan fingerprint density at radius 3 is 2.23 bits per heavy atom. The Morgan fingerprint density at radius 2 is 1.68 bits per heavy atom. The first-order valence-electron chi connectivity index (χ1n) is 16.2. The molecule has 0 bridgehead atoms. The van der Waals surface area contributed by atoms with Gasteiger partial charge in [-0.25, -0.2) is 13.8 Å². The summed E-state index contributed by atoms with van der Waals surface area (Å²) >= 11 is 0. The number of benzene rings is 2. The van der Waals surface area contributed by atoms with Crippen molar-refractivity contribution >= 4 is 5.82 Å². The number of likely N-dealkylation sites (tertiary alicyclic amines) is 1. The number of nitriles is 1. The summed E-state index contributed by atoms with van der Waals surface area (Å²) in [6.07, 6.45) is 0.00716. The van der Waals surface area contributed by atoms with Crippen molar-refractivity contribution in [2.24, 2.45) is 5.92 Å². The molecule has 1 aliphatic carbocycles. The quantitative estimate of drug-likeness (QED) is 0.180. The second kappa shape index (κ2) is 13.5. The first kappa shape index (κ1) is 34.2. The maximum Gasteiger partial charge on any atom is 0.416 e.